The fraction of sp³-hybridized carbons (Fsp3) is 0.571. The van der Waals surface area contributed by atoms with Crippen molar-refractivity contribution < 1.29 is 4.74 Å². The Morgan fingerprint density at radius 1 is 1.41 bits per heavy atom. The second-order valence-electron chi connectivity index (χ2n) is 4.41. The number of nitrogens with two attached hydrogens (primary N) is 1. The van der Waals surface area contributed by atoms with Crippen molar-refractivity contribution in [2.45, 2.75) is 31.6 Å². The molecule has 2 N–H and O–H groups in total. The Balaban J connectivity index is 2.59. The van der Waals surface area contributed by atoms with Gasteiger partial charge in [0.15, 0.2) is 0 Å². The normalized spacial score (nSPS) is 14.6. The highest BCUT2D eigenvalue weighted by Gasteiger charge is 2.16. The first kappa shape index (κ1) is 14.6. The first-order valence-corrected chi connectivity index (χ1v) is 7.12. The summed E-state index contributed by atoms with van der Waals surface area (Å²) in [5, 5.41) is 0.381. The highest BCUT2D eigenvalue weighted by molar-refractivity contribution is 7.99. The van der Waals surface area contributed by atoms with Crippen LogP contribution in [0.15, 0.2) is 24.3 Å². The van der Waals surface area contributed by atoms with Crippen molar-refractivity contribution in [3.63, 3.8) is 0 Å². The maximum absolute atomic E-state index is 6.08. The van der Waals surface area contributed by atoms with Crippen LogP contribution in [0.3, 0.4) is 0 Å². The number of methoxy groups -OCH3 is 1. The van der Waals surface area contributed by atoms with Crippen molar-refractivity contribution in [2.24, 2.45) is 5.73 Å². The standard InChI is InChI=1S/C14H23NOS/c1-11-6-4-7-13(10-11)14(12(2)15)17-9-5-8-16-3/h4,6-7,10,12,14H,5,8-9,15H2,1-3H3. The third kappa shape index (κ3) is 5.11. The highest BCUT2D eigenvalue weighted by atomic mass is 32.2. The molecule has 3 heteroatoms. The molecule has 1 aromatic rings. The second-order valence-corrected chi connectivity index (χ2v) is 5.66. The van der Waals surface area contributed by atoms with Crippen LogP contribution in [0.4, 0.5) is 0 Å². The van der Waals surface area contributed by atoms with Gasteiger partial charge in [-0.15, -0.1) is 0 Å². The molecule has 2 nitrogen and oxygen atoms in total. The Bertz CT molecular complexity index is 328. The Hall–Kier alpha value is -0.510. The molecule has 0 aliphatic carbocycles. The van der Waals surface area contributed by atoms with Crippen LogP contribution in [-0.2, 0) is 4.74 Å². The van der Waals surface area contributed by atoms with Crippen LogP contribution in [0.25, 0.3) is 0 Å². The summed E-state index contributed by atoms with van der Waals surface area (Å²) in [7, 11) is 1.74. The van der Waals surface area contributed by atoms with Crippen LogP contribution in [0.2, 0.25) is 0 Å². The van der Waals surface area contributed by atoms with Crippen LogP contribution >= 0.6 is 11.8 Å². The summed E-state index contributed by atoms with van der Waals surface area (Å²) in [6.45, 7) is 5.03. The van der Waals surface area contributed by atoms with Crippen LogP contribution in [0.1, 0.15) is 29.7 Å². The number of thioether (sulfide) groups is 1. The number of benzene rings is 1. The number of rotatable bonds is 7. The van der Waals surface area contributed by atoms with Gasteiger partial charge in [-0.3, -0.25) is 0 Å². The van der Waals surface area contributed by atoms with Gasteiger partial charge in [0.2, 0.25) is 0 Å². The summed E-state index contributed by atoms with van der Waals surface area (Å²) in [6.07, 6.45) is 1.08. The maximum Gasteiger partial charge on any atom is 0.0470 e. The van der Waals surface area contributed by atoms with E-state index in [1.807, 2.05) is 11.8 Å². The third-order valence-corrected chi connectivity index (χ3v) is 4.22. The lowest BCUT2D eigenvalue weighted by Crippen LogP contribution is -2.23. The van der Waals surface area contributed by atoms with Gasteiger partial charge in [0.1, 0.15) is 0 Å². The topological polar surface area (TPSA) is 35.2 Å². The van der Waals surface area contributed by atoms with Gasteiger partial charge in [0, 0.05) is 25.0 Å². The zero-order chi connectivity index (χ0) is 12.7. The Labute approximate surface area is 109 Å². The molecular formula is C14H23NOS. The van der Waals surface area contributed by atoms with E-state index < -0.39 is 0 Å². The van der Waals surface area contributed by atoms with E-state index in [1.54, 1.807) is 7.11 Å². The monoisotopic (exact) mass is 253 g/mol. The van der Waals surface area contributed by atoms with Gasteiger partial charge in [-0.1, -0.05) is 29.8 Å². The van der Waals surface area contributed by atoms with Crippen molar-refractivity contribution >= 4 is 11.8 Å². The molecule has 1 rings (SSSR count). The van der Waals surface area contributed by atoms with E-state index >= 15 is 0 Å². The summed E-state index contributed by atoms with van der Waals surface area (Å²) in [5.41, 5.74) is 8.71. The van der Waals surface area contributed by atoms with E-state index in [1.165, 1.54) is 11.1 Å². The molecule has 0 aromatic heterocycles. The molecule has 0 spiro atoms. The van der Waals surface area contributed by atoms with Gasteiger partial charge in [0.25, 0.3) is 0 Å². The molecule has 96 valence electrons. The zero-order valence-electron chi connectivity index (χ0n) is 11.0. The number of aryl methyl sites for hydroxylation is 1. The first-order chi connectivity index (χ1) is 8.15. The lowest BCUT2D eigenvalue weighted by Gasteiger charge is -2.21. The van der Waals surface area contributed by atoms with Gasteiger partial charge in [-0.05, 0) is 31.6 Å². The minimum absolute atomic E-state index is 0.171. The number of ether oxygens (including phenoxy) is 1. The molecule has 0 aliphatic rings. The van der Waals surface area contributed by atoms with E-state index in [9.17, 15) is 0 Å². The molecule has 0 amide bonds. The second kappa shape index (κ2) is 7.75. The third-order valence-electron chi connectivity index (χ3n) is 2.64. The maximum atomic E-state index is 6.08. The van der Waals surface area contributed by atoms with Crippen LogP contribution in [0, 0.1) is 6.92 Å². The van der Waals surface area contributed by atoms with E-state index in [0.717, 1.165) is 18.8 Å². The average Bonchev–Trinajstić information content (AvgIpc) is 2.28. The van der Waals surface area contributed by atoms with Crippen LogP contribution in [-0.4, -0.2) is 25.5 Å². The van der Waals surface area contributed by atoms with Crippen LogP contribution < -0.4 is 5.73 Å². The van der Waals surface area contributed by atoms with Crippen molar-refractivity contribution in [1.29, 1.82) is 0 Å². The first-order valence-electron chi connectivity index (χ1n) is 6.08. The lowest BCUT2D eigenvalue weighted by molar-refractivity contribution is 0.200. The van der Waals surface area contributed by atoms with Crippen molar-refractivity contribution in [3.8, 4) is 0 Å². The molecular weight excluding hydrogens is 230 g/mol. The smallest absolute Gasteiger partial charge is 0.0470 e. The molecule has 0 fully saturated rings. The van der Waals surface area contributed by atoms with Crippen molar-refractivity contribution in [3.05, 3.63) is 35.4 Å². The molecule has 0 bridgehead atoms. The zero-order valence-corrected chi connectivity index (χ0v) is 11.8. The SMILES string of the molecule is COCCCSC(c1cccc(C)c1)C(C)N. The molecule has 0 saturated carbocycles. The van der Waals surface area contributed by atoms with Crippen LogP contribution in [0.5, 0.6) is 0 Å². The summed E-state index contributed by atoms with van der Waals surface area (Å²) in [4.78, 5) is 0. The molecule has 2 unspecified atom stereocenters. The Morgan fingerprint density at radius 3 is 2.76 bits per heavy atom. The number of hydrogen-bond donors (Lipinski definition) is 1. The molecule has 17 heavy (non-hydrogen) atoms. The van der Waals surface area contributed by atoms with Gasteiger partial charge >= 0.3 is 0 Å². The number of hydrogen-bond acceptors (Lipinski definition) is 3. The fourth-order valence-corrected chi connectivity index (χ4v) is 2.99. The predicted molar refractivity (Wildman–Crippen MR) is 76.5 cm³/mol. The molecule has 0 saturated heterocycles. The Kier molecular flexibility index (Phi) is 6.63. The Morgan fingerprint density at radius 2 is 2.18 bits per heavy atom. The highest BCUT2D eigenvalue weighted by Crippen LogP contribution is 2.32. The van der Waals surface area contributed by atoms with Gasteiger partial charge in [-0.25, -0.2) is 0 Å². The van der Waals surface area contributed by atoms with Gasteiger partial charge in [0.05, 0.1) is 0 Å². The predicted octanol–water partition coefficient (Wildman–Crippen LogP) is 3.15. The minimum Gasteiger partial charge on any atom is -0.385 e. The van der Waals surface area contributed by atoms with Crippen molar-refractivity contribution in [1.82, 2.24) is 0 Å². The molecule has 0 radical (unpaired) electrons. The summed E-state index contributed by atoms with van der Waals surface area (Å²) in [5.74, 6) is 1.09. The van der Waals surface area contributed by atoms with Gasteiger partial charge < -0.3 is 10.5 Å². The fourth-order valence-electron chi connectivity index (χ4n) is 1.81. The van der Waals surface area contributed by atoms with E-state index in [-0.39, 0.29) is 6.04 Å². The molecule has 2 atom stereocenters. The lowest BCUT2D eigenvalue weighted by atomic mass is 10.0. The van der Waals surface area contributed by atoms with E-state index in [2.05, 4.69) is 38.1 Å². The largest absolute Gasteiger partial charge is 0.385 e. The quantitative estimate of drug-likeness (QED) is 0.758. The summed E-state index contributed by atoms with van der Waals surface area (Å²) in [6, 6.07) is 8.80. The summed E-state index contributed by atoms with van der Waals surface area (Å²) < 4.78 is 5.06. The molecule has 0 heterocycles. The van der Waals surface area contributed by atoms with E-state index in [0.29, 0.717) is 5.25 Å². The molecule has 0 aliphatic heterocycles. The molecule has 1 aromatic carbocycles. The van der Waals surface area contributed by atoms with Crippen molar-refractivity contribution in [2.75, 3.05) is 19.5 Å². The summed E-state index contributed by atoms with van der Waals surface area (Å²) >= 11 is 1.93. The minimum atomic E-state index is 0.171. The van der Waals surface area contributed by atoms with Gasteiger partial charge in [-0.2, -0.15) is 11.8 Å². The average molecular weight is 253 g/mol. The van der Waals surface area contributed by atoms with E-state index in [4.69, 9.17) is 10.5 Å².